The van der Waals surface area contributed by atoms with Crippen LogP contribution in [0.4, 0.5) is 0 Å². The largest absolute Gasteiger partial charge is 0.414 e. The Hall–Kier alpha value is -0.0594. The Labute approximate surface area is 216 Å². The van der Waals surface area contributed by atoms with E-state index < -0.39 is 25.0 Å². The second-order valence-corrected chi connectivity index (χ2v) is 29.0. The lowest BCUT2D eigenvalue weighted by Gasteiger charge is -2.46. The van der Waals surface area contributed by atoms with Gasteiger partial charge in [-0.2, -0.15) is 0 Å². The summed E-state index contributed by atoms with van der Waals surface area (Å²) in [7, 11) is -6.15. The van der Waals surface area contributed by atoms with Crippen LogP contribution in [0.25, 0.3) is 0 Å². The van der Waals surface area contributed by atoms with Gasteiger partial charge in [-0.25, -0.2) is 0 Å². The van der Waals surface area contributed by atoms with Gasteiger partial charge in [0.15, 0.2) is 25.0 Å². The summed E-state index contributed by atoms with van der Waals surface area (Å²) in [5.41, 5.74) is 0.686. The van der Waals surface area contributed by atoms with E-state index in [2.05, 4.69) is 109 Å². The lowest BCUT2D eigenvalue weighted by molar-refractivity contribution is -0.104. The summed E-state index contributed by atoms with van der Waals surface area (Å²) in [5.74, 6) is 0. The first-order chi connectivity index (χ1) is 14.8. The van der Waals surface area contributed by atoms with Crippen molar-refractivity contribution in [2.75, 3.05) is 0 Å². The summed E-state index contributed by atoms with van der Waals surface area (Å²) in [4.78, 5) is 11.6. The quantitative estimate of drug-likeness (QED) is 0.152. The average Bonchev–Trinajstić information content (AvgIpc) is 2.56. The fourth-order valence-corrected chi connectivity index (χ4v) is 6.94. The summed E-state index contributed by atoms with van der Waals surface area (Å²) < 4.78 is 20.8. The normalized spacial score (nSPS) is 18.0. The third-order valence-corrected chi connectivity index (χ3v) is 21.9. The van der Waals surface area contributed by atoms with Crippen molar-refractivity contribution in [3.8, 4) is 0 Å². The van der Waals surface area contributed by atoms with Crippen molar-refractivity contribution in [3.05, 3.63) is 11.6 Å². The predicted octanol–water partition coefficient (Wildman–Crippen LogP) is 8.71. The maximum absolute atomic E-state index is 11.6. The van der Waals surface area contributed by atoms with E-state index in [1.807, 2.05) is 13.0 Å². The highest BCUT2D eigenvalue weighted by Gasteiger charge is 2.45. The molecule has 0 bridgehead atoms. The minimum Gasteiger partial charge on any atom is -0.414 e. The monoisotopic (exact) mass is 530 g/mol. The van der Waals surface area contributed by atoms with E-state index in [9.17, 15) is 4.79 Å². The standard InChI is InChI=1S/C27H58O4Si3/c1-21(20-28)18-23(30-33(14,15)26(6,7)8)24(31-34(16,17)27(9,10)11)19-22(2)29-32(12,13)25(3,4)5/h18,20,22-24H,19H2,1-17H3/t22-,23-,24-/m0/s1. The molecule has 0 aliphatic rings. The van der Waals surface area contributed by atoms with Crippen LogP contribution in [0.1, 0.15) is 82.6 Å². The van der Waals surface area contributed by atoms with Crippen molar-refractivity contribution in [1.82, 2.24) is 0 Å². The molecule has 0 aliphatic carbocycles. The second kappa shape index (κ2) is 11.6. The summed E-state index contributed by atoms with van der Waals surface area (Å²) in [6.45, 7) is 38.1. The highest BCUT2D eigenvalue weighted by molar-refractivity contribution is 6.75. The lowest BCUT2D eigenvalue weighted by atomic mass is 10.1. The molecule has 34 heavy (non-hydrogen) atoms. The van der Waals surface area contributed by atoms with Gasteiger partial charge in [0, 0.05) is 6.10 Å². The molecule has 202 valence electrons. The first kappa shape index (κ1) is 33.9. The molecule has 0 unspecified atom stereocenters. The smallest absolute Gasteiger partial charge is 0.193 e. The first-order valence-electron chi connectivity index (χ1n) is 12.9. The van der Waals surface area contributed by atoms with Crippen LogP contribution in [-0.2, 0) is 18.1 Å². The Morgan fingerprint density at radius 1 is 0.706 bits per heavy atom. The highest BCUT2D eigenvalue weighted by Crippen LogP contribution is 2.42. The van der Waals surface area contributed by atoms with E-state index >= 15 is 0 Å². The van der Waals surface area contributed by atoms with Crippen molar-refractivity contribution < 1.29 is 18.1 Å². The fourth-order valence-electron chi connectivity index (χ4n) is 2.89. The van der Waals surface area contributed by atoms with E-state index in [4.69, 9.17) is 13.3 Å². The van der Waals surface area contributed by atoms with Crippen LogP contribution in [-0.4, -0.2) is 49.6 Å². The predicted molar refractivity (Wildman–Crippen MR) is 156 cm³/mol. The van der Waals surface area contributed by atoms with Crippen molar-refractivity contribution in [3.63, 3.8) is 0 Å². The van der Waals surface area contributed by atoms with Gasteiger partial charge in [-0.3, -0.25) is 4.79 Å². The van der Waals surface area contributed by atoms with Crippen LogP contribution < -0.4 is 0 Å². The molecule has 0 fully saturated rings. The second-order valence-electron chi connectivity index (χ2n) is 14.7. The minimum absolute atomic E-state index is 0.0334. The summed E-state index contributed by atoms with van der Waals surface area (Å²) in [6.07, 6.45) is 3.22. The van der Waals surface area contributed by atoms with Gasteiger partial charge in [-0.1, -0.05) is 62.3 Å². The maximum Gasteiger partial charge on any atom is 0.193 e. The van der Waals surface area contributed by atoms with Crippen molar-refractivity contribution in [1.29, 1.82) is 0 Å². The fraction of sp³-hybridized carbons (Fsp3) is 0.889. The van der Waals surface area contributed by atoms with E-state index in [1.165, 1.54) is 0 Å². The van der Waals surface area contributed by atoms with Crippen molar-refractivity contribution in [2.45, 2.75) is 155 Å². The number of hydrogen-bond donors (Lipinski definition) is 0. The Bertz CT molecular complexity index is 692. The molecule has 3 atom stereocenters. The Kier molecular flexibility index (Phi) is 11.5. The summed E-state index contributed by atoms with van der Waals surface area (Å²) in [6, 6.07) is 0. The molecule has 0 aliphatic heterocycles. The number of rotatable bonds is 11. The van der Waals surface area contributed by atoms with Gasteiger partial charge in [0.05, 0.1) is 12.2 Å². The van der Waals surface area contributed by atoms with Crippen molar-refractivity contribution >= 4 is 31.2 Å². The Morgan fingerprint density at radius 3 is 1.41 bits per heavy atom. The molecular formula is C27H58O4Si3. The maximum atomic E-state index is 11.6. The number of aldehydes is 1. The SMILES string of the molecule is CC(C=O)=C[C@H](O[Si](C)(C)C(C)(C)C)[C@H](C[C@H](C)O[Si](C)(C)C(C)(C)C)O[Si](C)(C)C(C)(C)C. The molecule has 0 amide bonds. The Morgan fingerprint density at radius 2 is 1.06 bits per heavy atom. The van der Waals surface area contributed by atoms with E-state index in [1.54, 1.807) is 0 Å². The molecule has 4 nitrogen and oxygen atoms in total. The molecule has 0 aromatic carbocycles. The van der Waals surface area contributed by atoms with Gasteiger partial charge in [-0.15, -0.1) is 0 Å². The van der Waals surface area contributed by atoms with Crippen LogP contribution >= 0.6 is 0 Å². The van der Waals surface area contributed by atoms with Crippen LogP contribution in [0.15, 0.2) is 11.6 Å². The van der Waals surface area contributed by atoms with E-state index in [-0.39, 0.29) is 33.4 Å². The number of hydrogen-bond acceptors (Lipinski definition) is 4. The third-order valence-electron chi connectivity index (χ3n) is 8.33. The van der Waals surface area contributed by atoms with Crippen LogP contribution in [0.2, 0.25) is 54.4 Å². The molecule has 0 N–H and O–H groups in total. The molecule has 0 aromatic rings. The lowest BCUT2D eigenvalue weighted by Crippen LogP contribution is -2.53. The van der Waals surface area contributed by atoms with Crippen LogP contribution in [0, 0.1) is 0 Å². The molecule has 0 saturated heterocycles. The molecule has 0 rings (SSSR count). The topological polar surface area (TPSA) is 44.8 Å². The molecule has 0 heterocycles. The molecular weight excluding hydrogens is 473 g/mol. The zero-order chi connectivity index (χ0) is 27.6. The molecule has 7 heteroatoms. The molecule has 0 spiro atoms. The van der Waals surface area contributed by atoms with Crippen LogP contribution in [0.3, 0.4) is 0 Å². The molecule has 0 aromatic heterocycles. The highest BCUT2D eigenvalue weighted by atomic mass is 28.4. The van der Waals surface area contributed by atoms with Gasteiger partial charge < -0.3 is 13.3 Å². The third kappa shape index (κ3) is 9.77. The molecule has 0 saturated carbocycles. The van der Waals surface area contributed by atoms with Gasteiger partial charge in [0.2, 0.25) is 0 Å². The zero-order valence-electron chi connectivity index (χ0n) is 25.7. The van der Waals surface area contributed by atoms with Crippen LogP contribution in [0.5, 0.6) is 0 Å². The summed E-state index contributed by atoms with van der Waals surface area (Å²) in [5, 5.41) is 0.265. The van der Waals surface area contributed by atoms with Gasteiger partial charge >= 0.3 is 0 Å². The zero-order valence-corrected chi connectivity index (χ0v) is 28.7. The first-order valence-corrected chi connectivity index (χ1v) is 21.7. The number of carbonyl (C=O) groups is 1. The van der Waals surface area contributed by atoms with E-state index in [0.29, 0.717) is 5.57 Å². The van der Waals surface area contributed by atoms with Gasteiger partial charge in [-0.05, 0) is 86.3 Å². The Balaban J connectivity index is 6.41. The summed E-state index contributed by atoms with van der Waals surface area (Å²) >= 11 is 0. The minimum atomic E-state index is -2.12. The van der Waals surface area contributed by atoms with Crippen molar-refractivity contribution in [2.24, 2.45) is 0 Å². The average molecular weight is 531 g/mol. The number of carbonyl (C=O) groups excluding carboxylic acids is 1. The van der Waals surface area contributed by atoms with Gasteiger partial charge in [0.1, 0.15) is 6.29 Å². The van der Waals surface area contributed by atoms with Gasteiger partial charge in [0.25, 0.3) is 0 Å². The number of allylic oxidation sites excluding steroid dienone is 1. The van der Waals surface area contributed by atoms with E-state index in [0.717, 1.165) is 12.7 Å². The molecule has 0 radical (unpaired) electrons.